The molecule has 1 aromatic heterocycles. The van der Waals surface area contributed by atoms with Crippen molar-refractivity contribution in [2.24, 2.45) is 0 Å². The molecule has 0 saturated heterocycles. The molecule has 0 amide bonds. The predicted molar refractivity (Wildman–Crippen MR) is 44.3 cm³/mol. The van der Waals surface area contributed by atoms with Gasteiger partial charge in [0.15, 0.2) is 5.69 Å². The summed E-state index contributed by atoms with van der Waals surface area (Å²) in [7, 11) is 0. The average Bonchev–Trinajstić information content (AvgIpc) is 2.45. The summed E-state index contributed by atoms with van der Waals surface area (Å²) in [6, 6.07) is -0.291. The molecular formula is C8H9F3N2O2. The zero-order chi connectivity index (χ0) is 11.8. The van der Waals surface area contributed by atoms with Crippen LogP contribution in [0.2, 0.25) is 0 Å². The Balaban J connectivity index is 3.12. The highest BCUT2D eigenvalue weighted by Crippen LogP contribution is 2.29. The van der Waals surface area contributed by atoms with Crippen molar-refractivity contribution in [1.82, 2.24) is 9.78 Å². The number of aryl methyl sites for hydroxylation is 1. The first-order valence-electron chi connectivity index (χ1n) is 4.09. The predicted octanol–water partition coefficient (Wildman–Crippen LogP) is 1.86. The maximum atomic E-state index is 12.2. The lowest BCUT2D eigenvalue weighted by molar-refractivity contribution is -0.144. The maximum absolute atomic E-state index is 12.2. The highest BCUT2D eigenvalue weighted by atomic mass is 19.4. The second kappa shape index (κ2) is 3.56. The Morgan fingerprint density at radius 2 is 2.13 bits per heavy atom. The van der Waals surface area contributed by atoms with Gasteiger partial charge in [0.2, 0.25) is 0 Å². The minimum atomic E-state index is -4.55. The fourth-order valence-electron chi connectivity index (χ4n) is 1.12. The van der Waals surface area contributed by atoms with Crippen LogP contribution >= 0.6 is 0 Å². The van der Waals surface area contributed by atoms with Gasteiger partial charge >= 0.3 is 12.1 Å². The number of carbonyl (C=O) groups is 1. The quantitative estimate of drug-likeness (QED) is 0.830. The van der Waals surface area contributed by atoms with Crippen molar-refractivity contribution in [1.29, 1.82) is 0 Å². The van der Waals surface area contributed by atoms with Crippen molar-refractivity contribution in [3.05, 3.63) is 17.5 Å². The molecule has 0 spiro atoms. The number of aliphatic carboxylic acids is 1. The van der Waals surface area contributed by atoms with Crippen LogP contribution in [-0.2, 0) is 11.0 Å². The molecule has 1 aromatic rings. The largest absolute Gasteiger partial charge is 0.480 e. The standard InChI is InChI=1S/C8H9F3N2O2/c1-4-3-6(8(9,10)11)12-13(4)5(2)7(14)15/h3,5H,1-2H3,(H,14,15)/t5-/m1/s1. The van der Waals surface area contributed by atoms with Crippen LogP contribution in [-0.4, -0.2) is 20.9 Å². The van der Waals surface area contributed by atoms with Crippen LogP contribution in [0.4, 0.5) is 13.2 Å². The Kier molecular flexibility index (Phi) is 2.74. The van der Waals surface area contributed by atoms with Crippen LogP contribution in [0, 0.1) is 6.92 Å². The van der Waals surface area contributed by atoms with Crippen molar-refractivity contribution in [2.75, 3.05) is 0 Å². The number of alkyl halides is 3. The number of carboxylic acids is 1. The second-order valence-electron chi connectivity index (χ2n) is 3.13. The smallest absolute Gasteiger partial charge is 0.435 e. The van der Waals surface area contributed by atoms with Crippen LogP contribution in [0.1, 0.15) is 24.4 Å². The zero-order valence-corrected chi connectivity index (χ0v) is 8.04. The summed E-state index contributed by atoms with van der Waals surface area (Å²) >= 11 is 0. The maximum Gasteiger partial charge on any atom is 0.435 e. The van der Waals surface area contributed by atoms with Gasteiger partial charge in [-0.3, -0.25) is 4.68 Å². The number of rotatable bonds is 2. The first-order valence-corrected chi connectivity index (χ1v) is 4.09. The van der Waals surface area contributed by atoms with Crippen LogP contribution in [0.5, 0.6) is 0 Å². The minimum Gasteiger partial charge on any atom is -0.480 e. The summed E-state index contributed by atoms with van der Waals surface area (Å²) in [5, 5.41) is 11.8. The van der Waals surface area contributed by atoms with Gasteiger partial charge in [-0.15, -0.1) is 0 Å². The van der Waals surface area contributed by atoms with Crippen LogP contribution < -0.4 is 0 Å². The number of hydrogen-bond acceptors (Lipinski definition) is 2. The molecule has 0 aromatic carbocycles. The van der Waals surface area contributed by atoms with Crippen LogP contribution in [0.15, 0.2) is 6.07 Å². The van der Waals surface area contributed by atoms with Gasteiger partial charge in [0.05, 0.1) is 0 Å². The van der Waals surface area contributed by atoms with Gasteiger partial charge in [-0.25, -0.2) is 4.79 Å². The molecule has 7 heteroatoms. The first-order chi connectivity index (χ1) is 6.73. The molecule has 0 aliphatic heterocycles. The highest BCUT2D eigenvalue weighted by Gasteiger charge is 2.35. The fraction of sp³-hybridized carbons (Fsp3) is 0.500. The third kappa shape index (κ3) is 2.28. The summed E-state index contributed by atoms with van der Waals surface area (Å²) in [4.78, 5) is 10.6. The zero-order valence-electron chi connectivity index (χ0n) is 8.04. The van der Waals surface area contributed by atoms with Crippen molar-refractivity contribution in [3.63, 3.8) is 0 Å². The Morgan fingerprint density at radius 3 is 2.47 bits per heavy atom. The molecule has 84 valence electrons. The topological polar surface area (TPSA) is 55.1 Å². The number of halogens is 3. The van der Waals surface area contributed by atoms with Gasteiger partial charge in [-0.1, -0.05) is 0 Å². The lowest BCUT2D eigenvalue weighted by Gasteiger charge is -2.08. The summed E-state index contributed by atoms with van der Waals surface area (Å²) in [5.74, 6) is -1.23. The van der Waals surface area contributed by atoms with Gasteiger partial charge in [0.1, 0.15) is 6.04 Å². The van der Waals surface area contributed by atoms with Crippen molar-refractivity contribution < 1.29 is 23.1 Å². The van der Waals surface area contributed by atoms with E-state index in [9.17, 15) is 18.0 Å². The van der Waals surface area contributed by atoms with Gasteiger partial charge in [0, 0.05) is 5.69 Å². The Labute approximate surface area is 83.3 Å². The van der Waals surface area contributed by atoms with E-state index in [1.165, 1.54) is 13.8 Å². The second-order valence-corrected chi connectivity index (χ2v) is 3.13. The molecule has 0 fully saturated rings. The summed E-state index contributed by atoms with van der Waals surface area (Å²) in [5.41, 5.74) is -0.912. The lowest BCUT2D eigenvalue weighted by atomic mass is 10.3. The van der Waals surface area contributed by atoms with Crippen molar-refractivity contribution >= 4 is 5.97 Å². The van der Waals surface area contributed by atoms with E-state index in [1.807, 2.05) is 0 Å². The minimum absolute atomic E-state index is 0.164. The molecule has 0 radical (unpaired) electrons. The molecule has 15 heavy (non-hydrogen) atoms. The molecule has 0 unspecified atom stereocenters. The highest BCUT2D eigenvalue weighted by molar-refractivity contribution is 5.71. The Morgan fingerprint density at radius 1 is 1.60 bits per heavy atom. The number of carboxylic acid groups (broad SMARTS) is 1. The molecule has 1 atom stereocenters. The molecule has 0 bridgehead atoms. The van der Waals surface area contributed by atoms with Crippen LogP contribution in [0.25, 0.3) is 0 Å². The van der Waals surface area contributed by atoms with E-state index in [1.54, 1.807) is 0 Å². The molecule has 0 saturated carbocycles. The Hall–Kier alpha value is -1.53. The van der Waals surface area contributed by atoms with E-state index in [0.29, 0.717) is 0 Å². The molecule has 0 aliphatic rings. The van der Waals surface area contributed by atoms with Crippen molar-refractivity contribution in [3.8, 4) is 0 Å². The third-order valence-corrected chi connectivity index (χ3v) is 1.94. The average molecular weight is 222 g/mol. The molecule has 1 N–H and O–H groups in total. The SMILES string of the molecule is Cc1cc(C(F)(F)F)nn1[C@H](C)C(=O)O. The molecular weight excluding hydrogens is 213 g/mol. The van der Waals surface area contributed by atoms with Gasteiger partial charge in [-0.05, 0) is 19.9 Å². The molecule has 4 nitrogen and oxygen atoms in total. The van der Waals surface area contributed by atoms with Gasteiger partial charge in [-0.2, -0.15) is 18.3 Å². The molecule has 1 rings (SSSR count). The fourth-order valence-corrected chi connectivity index (χ4v) is 1.12. The normalized spacial score (nSPS) is 13.9. The number of hydrogen-bond donors (Lipinski definition) is 1. The van der Waals surface area contributed by atoms with E-state index < -0.39 is 23.9 Å². The monoisotopic (exact) mass is 222 g/mol. The van der Waals surface area contributed by atoms with E-state index in [4.69, 9.17) is 5.11 Å². The van der Waals surface area contributed by atoms with Crippen LogP contribution in [0.3, 0.4) is 0 Å². The molecule has 0 aliphatic carbocycles. The van der Waals surface area contributed by atoms with E-state index in [0.717, 1.165) is 10.7 Å². The van der Waals surface area contributed by atoms with E-state index in [2.05, 4.69) is 5.10 Å². The lowest BCUT2D eigenvalue weighted by Crippen LogP contribution is -2.18. The summed E-state index contributed by atoms with van der Waals surface area (Å²) < 4.78 is 37.5. The third-order valence-electron chi connectivity index (χ3n) is 1.94. The molecule has 1 heterocycles. The van der Waals surface area contributed by atoms with Gasteiger partial charge < -0.3 is 5.11 Å². The van der Waals surface area contributed by atoms with E-state index >= 15 is 0 Å². The number of nitrogens with zero attached hydrogens (tertiary/aromatic N) is 2. The van der Waals surface area contributed by atoms with Gasteiger partial charge in [0.25, 0.3) is 0 Å². The summed E-state index contributed by atoms with van der Waals surface area (Å²) in [6.45, 7) is 2.64. The van der Waals surface area contributed by atoms with Crippen molar-refractivity contribution in [2.45, 2.75) is 26.1 Å². The summed E-state index contributed by atoms with van der Waals surface area (Å²) in [6.07, 6.45) is -4.55. The Bertz CT molecular complexity index is 384. The number of aromatic nitrogens is 2. The first kappa shape index (κ1) is 11.5. The van der Waals surface area contributed by atoms with E-state index in [-0.39, 0.29) is 5.69 Å².